The lowest BCUT2D eigenvalue weighted by Gasteiger charge is -1.96. The number of aromatic nitrogens is 2. The molecule has 0 aromatic carbocycles. The highest BCUT2D eigenvalue weighted by Crippen LogP contribution is 2.25. The van der Waals surface area contributed by atoms with E-state index in [4.69, 9.17) is 4.74 Å². The molecule has 0 saturated heterocycles. The number of hydrogen-bond donors (Lipinski definition) is 1. The van der Waals surface area contributed by atoms with E-state index in [1.54, 1.807) is 24.9 Å². The smallest absolute Gasteiger partial charge is 0.267 e. The fourth-order valence-corrected chi connectivity index (χ4v) is 3.43. The third-order valence-electron chi connectivity index (χ3n) is 1.88. The van der Waals surface area contributed by atoms with E-state index in [1.807, 2.05) is 11.4 Å². The van der Waals surface area contributed by atoms with Crippen molar-refractivity contribution in [3.05, 3.63) is 22.4 Å². The fourth-order valence-electron chi connectivity index (χ4n) is 1.10. The standard InChI is InChI=1S/C10H11N3O2S3/c1-15-4-6-17-10-13-12-9(18-10)11-8(14)7-3-2-5-16-7/h2-3,5H,4,6H2,1H3,(H,11,12,14). The Bertz CT molecular complexity index is 498. The van der Waals surface area contributed by atoms with Gasteiger partial charge < -0.3 is 4.74 Å². The second kappa shape index (κ2) is 6.83. The van der Waals surface area contributed by atoms with Crippen LogP contribution in [0.25, 0.3) is 0 Å². The SMILES string of the molecule is COCCSc1nnc(NC(=O)c2cccs2)s1. The van der Waals surface area contributed by atoms with E-state index in [-0.39, 0.29) is 5.91 Å². The molecule has 0 fully saturated rings. The lowest BCUT2D eigenvalue weighted by molar-refractivity contribution is 0.103. The van der Waals surface area contributed by atoms with Crippen molar-refractivity contribution >= 4 is 45.5 Å². The van der Waals surface area contributed by atoms with Crippen LogP contribution in [0.15, 0.2) is 21.9 Å². The van der Waals surface area contributed by atoms with Crippen molar-refractivity contribution in [1.82, 2.24) is 10.2 Å². The van der Waals surface area contributed by atoms with Crippen molar-refractivity contribution < 1.29 is 9.53 Å². The van der Waals surface area contributed by atoms with Crippen molar-refractivity contribution in [2.24, 2.45) is 0 Å². The van der Waals surface area contributed by atoms with Gasteiger partial charge in [-0.15, -0.1) is 21.5 Å². The normalized spacial score (nSPS) is 10.5. The van der Waals surface area contributed by atoms with Crippen LogP contribution in [0.4, 0.5) is 5.13 Å². The van der Waals surface area contributed by atoms with Gasteiger partial charge in [-0.25, -0.2) is 0 Å². The summed E-state index contributed by atoms with van der Waals surface area (Å²) in [6, 6.07) is 3.61. The van der Waals surface area contributed by atoms with E-state index in [0.717, 1.165) is 10.1 Å². The van der Waals surface area contributed by atoms with Crippen LogP contribution in [-0.4, -0.2) is 35.6 Å². The Morgan fingerprint density at radius 2 is 2.44 bits per heavy atom. The highest BCUT2D eigenvalue weighted by atomic mass is 32.2. The molecule has 0 aliphatic rings. The number of thioether (sulfide) groups is 1. The summed E-state index contributed by atoms with van der Waals surface area (Å²) < 4.78 is 5.78. The van der Waals surface area contributed by atoms with Crippen LogP contribution in [-0.2, 0) is 4.74 Å². The Balaban J connectivity index is 1.88. The molecule has 0 radical (unpaired) electrons. The largest absolute Gasteiger partial charge is 0.384 e. The van der Waals surface area contributed by atoms with Gasteiger partial charge in [0.05, 0.1) is 11.5 Å². The summed E-state index contributed by atoms with van der Waals surface area (Å²) in [5.41, 5.74) is 0. The number of thiophene rings is 1. The Morgan fingerprint density at radius 3 is 3.17 bits per heavy atom. The predicted molar refractivity (Wildman–Crippen MR) is 74.8 cm³/mol. The minimum atomic E-state index is -0.144. The van der Waals surface area contributed by atoms with Crippen LogP contribution in [0.5, 0.6) is 0 Å². The maximum absolute atomic E-state index is 11.8. The highest BCUT2D eigenvalue weighted by molar-refractivity contribution is 8.01. The molecule has 1 N–H and O–H groups in total. The zero-order valence-corrected chi connectivity index (χ0v) is 12.0. The van der Waals surface area contributed by atoms with E-state index in [0.29, 0.717) is 16.6 Å². The summed E-state index contributed by atoms with van der Waals surface area (Å²) in [7, 11) is 1.66. The van der Waals surface area contributed by atoms with Gasteiger partial charge in [0, 0.05) is 12.9 Å². The number of amides is 1. The van der Waals surface area contributed by atoms with Crippen molar-refractivity contribution in [3.63, 3.8) is 0 Å². The predicted octanol–water partition coefficient (Wildman–Crippen LogP) is 2.59. The van der Waals surface area contributed by atoms with Crippen LogP contribution >= 0.6 is 34.4 Å². The maximum Gasteiger partial charge on any atom is 0.267 e. The van der Waals surface area contributed by atoms with E-state index in [1.165, 1.54) is 22.7 Å². The van der Waals surface area contributed by atoms with E-state index < -0.39 is 0 Å². The maximum atomic E-state index is 11.8. The van der Waals surface area contributed by atoms with Gasteiger partial charge in [-0.3, -0.25) is 10.1 Å². The van der Waals surface area contributed by atoms with Crippen molar-refractivity contribution in [2.75, 3.05) is 24.8 Å². The van der Waals surface area contributed by atoms with Crippen LogP contribution < -0.4 is 5.32 Å². The van der Waals surface area contributed by atoms with E-state index >= 15 is 0 Å². The number of methoxy groups -OCH3 is 1. The van der Waals surface area contributed by atoms with Gasteiger partial charge >= 0.3 is 0 Å². The van der Waals surface area contributed by atoms with Crippen LogP contribution in [0, 0.1) is 0 Å². The second-order valence-corrected chi connectivity index (χ2v) is 6.41. The average Bonchev–Trinajstić information content (AvgIpc) is 3.00. The molecule has 0 aliphatic heterocycles. The third-order valence-corrected chi connectivity index (χ3v) is 4.69. The highest BCUT2D eigenvalue weighted by Gasteiger charge is 2.10. The molecule has 0 atom stereocenters. The minimum Gasteiger partial charge on any atom is -0.384 e. The number of ether oxygens (including phenoxy) is 1. The summed E-state index contributed by atoms with van der Waals surface area (Å²) in [6.45, 7) is 0.668. The van der Waals surface area contributed by atoms with Crippen molar-refractivity contribution in [2.45, 2.75) is 4.34 Å². The quantitative estimate of drug-likeness (QED) is 0.505. The van der Waals surface area contributed by atoms with Gasteiger partial charge in [0.2, 0.25) is 5.13 Å². The molecular weight excluding hydrogens is 290 g/mol. The lowest BCUT2D eigenvalue weighted by atomic mass is 10.4. The third kappa shape index (κ3) is 3.77. The summed E-state index contributed by atoms with van der Waals surface area (Å²) in [5.74, 6) is 0.680. The van der Waals surface area contributed by atoms with E-state index in [9.17, 15) is 4.79 Å². The first-order chi connectivity index (χ1) is 8.79. The summed E-state index contributed by atoms with van der Waals surface area (Å²) >= 11 is 4.32. The summed E-state index contributed by atoms with van der Waals surface area (Å²) in [6.07, 6.45) is 0. The Morgan fingerprint density at radius 1 is 1.56 bits per heavy atom. The number of nitrogens with one attached hydrogen (secondary N) is 1. The number of nitrogens with zero attached hydrogens (tertiary/aromatic N) is 2. The molecule has 0 saturated carbocycles. The molecule has 2 heterocycles. The molecule has 0 bridgehead atoms. The molecule has 1 amide bonds. The lowest BCUT2D eigenvalue weighted by Crippen LogP contribution is -2.09. The molecule has 5 nitrogen and oxygen atoms in total. The van der Waals surface area contributed by atoms with Gasteiger partial charge in [0.1, 0.15) is 0 Å². The van der Waals surface area contributed by atoms with Gasteiger partial charge in [-0.1, -0.05) is 29.2 Å². The number of carbonyl (C=O) groups excluding carboxylic acids is 1. The van der Waals surface area contributed by atoms with E-state index in [2.05, 4.69) is 15.5 Å². The summed E-state index contributed by atoms with van der Waals surface area (Å²) in [5, 5.41) is 13.0. The molecule has 0 aliphatic carbocycles. The minimum absolute atomic E-state index is 0.144. The number of hydrogen-bond acceptors (Lipinski definition) is 7. The molecule has 2 rings (SSSR count). The Kier molecular flexibility index (Phi) is 5.12. The summed E-state index contributed by atoms with van der Waals surface area (Å²) in [4.78, 5) is 12.4. The molecule has 0 spiro atoms. The topological polar surface area (TPSA) is 64.1 Å². The molecule has 2 aromatic rings. The first-order valence-electron chi connectivity index (χ1n) is 5.09. The zero-order chi connectivity index (χ0) is 12.8. The van der Waals surface area contributed by atoms with Crippen molar-refractivity contribution in [1.29, 1.82) is 0 Å². The van der Waals surface area contributed by atoms with Gasteiger partial charge in [-0.05, 0) is 11.4 Å². The number of anilines is 1. The Labute approximate surface area is 117 Å². The fraction of sp³-hybridized carbons (Fsp3) is 0.300. The van der Waals surface area contributed by atoms with Gasteiger partial charge in [0.15, 0.2) is 4.34 Å². The molecule has 96 valence electrons. The van der Waals surface area contributed by atoms with Gasteiger partial charge in [-0.2, -0.15) is 0 Å². The molecule has 18 heavy (non-hydrogen) atoms. The van der Waals surface area contributed by atoms with Crippen molar-refractivity contribution in [3.8, 4) is 0 Å². The van der Waals surface area contributed by atoms with Crippen LogP contribution in [0.3, 0.4) is 0 Å². The van der Waals surface area contributed by atoms with Crippen LogP contribution in [0.2, 0.25) is 0 Å². The number of carbonyl (C=O) groups is 1. The average molecular weight is 301 g/mol. The number of rotatable bonds is 6. The Hall–Kier alpha value is -0.960. The van der Waals surface area contributed by atoms with Crippen LogP contribution in [0.1, 0.15) is 9.67 Å². The first-order valence-corrected chi connectivity index (χ1v) is 7.78. The molecule has 0 unspecified atom stereocenters. The second-order valence-electron chi connectivity index (χ2n) is 3.15. The monoisotopic (exact) mass is 301 g/mol. The zero-order valence-electron chi connectivity index (χ0n) is 9.58. The first kappa shape index (κ1) is 13.5. The molecular formula is C10H11N3O2S3. The molecule has 2 aromatic heterocycles. The molecule has 8 heteroatoms. The van der Waals surface area contributed by atoms with Gasteiger partial charge in [0.25, 0.3) is 5.91 Å².